The minimum Gasteiger partial charge on any atom is -0.492 e. The van der Waals surface area contributed by atoms with E-state index in [0.29, 0.717) is 18.1 Å². The lowest BCUT2D eigenvalue weighted by molar-refractivity contribution is 0.340. The second kappa shape index (κ2) is 8.79. The highest BCUT2D eigenvalue weighted by atomic mass is 35.5. The van der Waals surface area contributed by atoms with Gasteiger partial charge in [0.2, 0.25) is 0 Å². The minimum absolute atomic E-state index is 0.613. The van der Waals surface area contributed by atoms with Crippen molar-refractivity contribution >= 4 is 11.6 Å². The molecular formula is C14H19ClN2O. The van der Waals surface area contributed by atoms with Crippen molar-refractivity contribution in [2.75, 3.05) is 19.7 Å². The molecule has 0 atom stereocenters. The van der Waals surface area contributed by atoms with Crippen molar-refractivity contribution in [3.63, 3.8) is 0 Å². The fourth-order valence-electron chi connectivity index (χ4n) is 1.62. The number of ether oxygens (including phenoxy) is 1. The largest absolute Gasteiger partial charge is 0.492 e. The number of nitriles is 1. The molecule has 0 bridgehead atoms. The highest BCUT2D eigenvalue weighted by Gasteiger charge is 2.02. The first-order valence-corrected chi connectivity index (χ1v) is 6.64. The lowest BCUT2D eigenvalue weighted by Crippen LogP contribution is -2.18. The van der Waals surface area contributed by atoms with E-state index < -0.39 is 0 Å². The van der Waals surface area contributed by atoms with Crippen molar-refractivity contribution in [1.29, 1.82) is 5.26 Å². The van der Waals surface area contributed by atoms with Gasteiger partial charge >= 0.3 is 0 Å². The molecule has 0 aliphatic rings. The standard InChI is InChI=1S/C14H19ClN2O/c1-2-18-14-6-5-12(11-13(14)15)7-10-17-9-4-3-8-16/h5-6,11,17H,2-4,7,9-10H2,1H3. The number of hydrogen-bond acceptors (Lipinski definition) is 3. The second-order valence-electron chi connectivity index (χ2n) is 3.96. The summed E-state index contributed by atoms with van der Waals surface area (Å²) in [6.45, 7) is 4.35. The number of nitrogens with zero attached hydrogens (tertiary/aromatic N) is 1. The summed E-state index contributed by atoms with van der Waals surface area (Å²) in [4.78, 5) is 0. The third kappa shape index (κ3) is 5.39. The Morgan fingerprint density at radius 1 is 1.39 bits per heavy atom. The Kier molecular flexibility index (Phi) is 7.24. The summed E-state index contributed by atoms with van der Waals surface area (Å²) in [5.41, 5.74) is 1.19. The van der Waals surface area contributed by atoms with Gasteiger partial charge in [0.25, 0.3) is 0 Å². The quantitative estimate of drug-likeness (QED) is 0.735. The van der Waals surface area contributed by atoms with Gasteiger partial charge in [0.1, 0.15) is 5.75 Å². The van der Waals surface area contributed by atoms with E-state index in [1.54, 1.807) is 0 Å². The van der Waals surface area contributed by atoms with Crippen LogP contribution in [0, 0.1) is 11.3 Å². The highest BCUT2D eigenvalue weighted by molar-refractivity contribution is 6.32. The zero-order valence-electron chi connectivity index (χ0n) is 10.7. The monoisotopic (exact) mass is 266 g/mol. The SMILES string of the molecule is CCOc1ccc(CCNCCCC#N)cc1Cl. The molecule has 0 amide bonds. The van der Waals surface area contributed by atoms with Gasteiger partial charge in [-0.15, -0.1) is 0 Å². The van der Waals surface area contributed by atoms with Crippen LogP contribution < -0.4 is 10.1 Å². The molecule has 0 saturated carbocycles. The lowest BCUT2D eigenvalue weighted by Gasteiger charge is -2.08. The molecule has 0 spiro atoms. The second-order valence-corrected chi connectivity index (χ2v) is 4.37. The first-order chi connectivity index (χ1) is 8.77. The van der Waals surface area contributed by atoms with Gasteiger partial charge in [-0.2, -0.15) is 5.26 Å². The van der Waals surface area contributed by atoms with Crippen molar-refractivity contribution < 1.29 is 4.74 Å². The predicted octanol–water partition coefficient (Wildman–Crippen LogP) is 3.17. The van der Waals surface area contributed by atoms with Crippen LogP contribution in [0.3, 0.4) is 0 Å². The Bertz CT molecular complexity index is 401. The Morgan fingerprint density at radius 2 is 2.22 bits per heavy atom. The molecule has 0 aliphatic heterocycles. The van der Waals surface area contributed by atoms with Crippen molar-refractivity contribution in [2.24, 2.45) is 0 Å². The molecule has 0 fully saturated rings. The summed E-state index contributed by atoms with van der Waals surface area (Å²) < 4.78 is 5.38. The first kappa shape index (κ1) is 14.8. The number of unbranched alkanes of at least 4 members (excludes halogenated alkanes) is 1. The Balaban J connectivity index is 2.30. The third-order valence-corrected chi connectivity index (χ3v) is 2.82. The van der Waals surface area contributed by atoms with E-state index in [9.17, 15) is 0 Å². The van der Waals surface area contributed by atoms with Crippen LogP contribution in [0.2, 0.25) is 5.02 Å². The summed E-state index contributed by atoms with van der Waals surface area (Å²) in [6, 6.07) is 8.03. The molecule has 0 aromatic heterocycles. The van der Waals surface area contributed by atoms with Gasteiger partial charge in [-0.25, -0.2) is 0 Å². The van der Waals surface area contributed by atoms with Crippen LogP contribution in [0.25, 0.3) is 0 Å². The number of halogens is 1. The minimum atomic E-state index is 0.613. The summed E-state index contributed by atoms with van der Waals surface area (Å²) in [5, 5.41) is 12.4. The molecule has 3 nitrogen and oxygen atoms in total. The van der Waals surface area contributed by atoms with Crippen molar-refractivity contribution in [3.05, 3.63) is 28.8 Å². The topological polar surface area (TPSA) is 45.0 Å². The maximum atomic E-state index is 8.40. The summed E-state index contributed by atoms with van der Waals surface area (Å²) in [5.74, 6) is 0.741. The van der Waals surface area contributed by atoms with Crippen molar-refractivity contribution in [2.45, 2.75) is 26.2 Å². The summed E-state index contributed by atoms with van der Waals surface area (Å²) >= 11 is 6.11. The fraction of sp³-hybridized carbons (Fsp3) is 0.500. The lowest BCUT2D eigenvalue weighted by atomic mass is 10.1. The van der Waals surface area contributed by atoms with Crippen LogP contribution in [0.4, 0.5) is 0 Å². The molecule has 1 N–H and O–H groups in total. The first-order valence-electron chi connectivity index (χ1n) is 6.26. The number of benzene rings is 1. The van der Waals surface area contributed by atoms with Crippen LogP contribution in [0.1, 0.15) is 25.3 Å². The van der Waals surface area contributed by atoms with Crippen LogP contribution in [0.5, 0.6) is 5.75 Å². The zero-order chi connectivity index (χ0) is 13.2. The molecule has 0 radical (unpaired) electrons. The van der Waals surface area contributed by atoms with Crippen LogP contribution >= 0.6 is 11.6 Å². The maximum Gasteiger partial charge on any atom is 0.137 e. The molecule has 0 unspecified atom stereocenters. The molecule has 1 aromatic rings. The molecule has 1 aromatic carbocycles. The number of rotatable bonds is 8. The molecule has 98 valence electrons. The Morgan fingerprint density at radius 3 is 2.89 bits per heavy atom. The third-order valence-electron chi connectivity index (χ3n) is 2.53. The van der Waals surface area contributed by atoms with Gasteiger partial charge in [-0.05, 0) is 50.6 Å². The molecule has 0 aliphatic carbocycles. The van der Waals surface area contributed by atoms with Gasteiger partial charge in [0, 0.05) is 6.42 Å². The molecule has 1 rings (SSSR count). The van der Waals surface area contributed by atoms with Crippen molar-refractivity contribution in [3.8, 4) is 11.8 Å². The molecule has 0 saturated heterocycles. The van der Waals surface area contributed by atoms with Gasteiger partial charge in [-0.3, -0.25) is 0 Å². The van der Waals surface area contributed by atoms with Gasteiger partial charge in [0.15, 0.2) is 0 Å². The summed E-state index contributed by atoms with van der Waals surface area (Å²) in [7, 11) is 0. The van der Waals surface area contributed by atoms with E-state index in [1.807, 2.05) is 25.1 Å². The average molecular weight is 267 g/mol. The predicted molar refractivity (Wildman–Crippen MR) is 74.0 cm³/mol. The van der Waals surface area contributed by atoms with E-state index in [0.717, 1.165) is 31.7 Å². The van der Waals surface area contributed by atoms with Crippen LogP contribution in [-0.4, -0.2) is 19.7 Å². The Labute approximate surface area is 114 Å². The molecular weight excluding hydrogens is 248 g/mol. The van der Waals surface area contributed by atoms with E-state index in [1.165, 1.54) is 5.56 Å². The van der Waals surface area contributed by atoms with E-state index in [-0.39, 0.29) is 0 Å². The van der Waals surface area contributed by atoms with Crippen LogP contribution in [-0.2, 0) is 6.42 Å². The Hall–Kier alpha value is -1.24. The number of nitrogens with one attached hydrogen (secondary N) is 1. The van der Waals surface area contributed by atoms with Gasteiger partial charge in [-0.1, -0.05) is 17.7 Å². The van der Waals surface area contributed by atoms with Gasteiger partial charge in [0.05, 0.1) is 17.7 Å². The molecule has 18 heavy (non-hydrogen) atoms. The fourth-order valence-corrected chi connectivity index (χ4v) is 1.88. The van der Waals surface area contributed by atoms with Crippen LogP contribution in [0.15, 0.2) is 18.2 Å². The van der Waals surface area contributed by atoms with Crippen molar-refractivity contribution in [1.82, 2.24) is 5.32 Å². The normalized spacial score (nSPS) is 10.1. The van der Waals surface area contributed by atoms with E-state index in [4.69, 9.17) is 21.6 Å². The smallest absolute Gasteiger partial charge is 0.137 e. The van der Waals surface area contributed by atoms with E-state index >= 15 is 0 Å². The number of hydrogen-bond donors (Lipinski definition) is 1. The van der Waals surface area contributed by atoms with E-state index in [2.05, 4.69) is 11.4 Å². The molecule has 0 heterocycles. The molecule has 4 heteroatoms. The average Bonchev–Trinajstić information content (AvgIpc) is 2.37. The maximum absolute atomic E-state index is 8.40. The van der Waals surface area contributed by atoms with Gasteiger partial charge < -0.3 is 10.1 Å². The highest BCUT2D eigenvalue weighted by Crippen LogP contribution is 2.25. The zero-order valence-corrected chi connectivity index (χ0v) is 11.5. The summed E-state index contributed by atoms with van der Waals surface area (Å²) in [6.07, 6.45) is 2.45.